The zero-order chi connectivity index (χ0) is 13.1. The van der Waals surface area contributed by atoms with E-state index < -0.39 is 6.03 Å². The minimum absolute atomic E-state index is 0.0461. The molecule has 0 spiro atoms. The van der Waals surface area contributed by atoms with Gasteiger partial charge in [0.05, 0.1) is 13.2 Å². The van der Waals surface area contributed by atoms with E-state index in [-0.39, 0.29) is 44.1 Å². The third kappa shape index (κ3) is 2.45. The van der Waals surface area contributed by atoms with Gasteiger partial charge >= 0.3 is 6.03 Å². The van der Waals surface area contributed by atoms with Crippen LogP contribution in [0.4, 0.5) is 4.79 Å². The Hall–Kier alpha value is -1.63. The third-order valence-corrected chi connectivity index (χ3v) is 3.41. The Morgan fingerprint density at radius 3 is 2.61 bits per heavy atom. The van der Waals surface area contributed by atoms with Crippen molar-refractivity contribution in [3.63, 3.8) is 0 Å². The second kappa shape index (κ2) is 5.34. The van der Waals surface area contributed by atoms with E-state index in [9.17, 15) is 14.4 Å². The number of hydrogen-bond acceptors (Lipinski definition) is 4. The molecule has 4 amide bonds. The molecule has 0 aromatic rings. The predicted octanol–water partition coefficient (Wildman–Crippen LogP) is -1.09. The molecule has 7 heteroatoms. The summed E-state index contributed by atoms with van der Waals surface area (Å²) < 4.78 is 0. The molecule has 100 valence electrons. The Balaban J connectivity index is 1.95. The number of rotatable bonds is 5. The lowest BCUT2D eigenvalue weighted by molar-refractivity contribution is -0.140. The molecule has 0 unspecified atom stereocenters. The highest BCUT2D eigenvalue weighted by Gasteiger charge is 2.34. The summed E-state index contributed by atoms with van der Waals surface area (Å²) in [6.07, 6.45) is 2.92. The van der Waals surface area contributed by atoms with Gasteiger partial charge in [0.2, 0.25) is 5.91 Å². The van der Waals surface area contributed by atoms with Gasteiger partial charge in [-0.2, -0.15) is 0 Å². The fourth-order valence-corrected chi connectivity index (χ4v) is 2.16. The van der Waals surface area contributed by atoms with E-state index in [4.69, 9.17) is 5.11 Å². The largest absolute Gasteiger partial charge is 0.395 e. The lowest BCUT2D eigenvalue weighted by atomic mass is 9.91. The molecule has 0 bridgehead atoms. The molecule has 0 atom stereocenters. The Kier molecular flexibility index (Phi) is 3.81. The quantitative estimate of drug-likeness (QED) is 0.611. The van der Waals surface area contributed by atoms with Crippen LogP contribution in [0.1, 0.15) is 19.3 Å². The molecule has 7 nitrogen and oxygen atoms in total. The van der Waals surface area contributed by atoms with Crippen LogP contribution in [0, 0.1) is 0 Å². The van der Waals surface area contributed by atoms with E-state index in [1.54, 1.807) is 4.90 Å². The smallest absolute Gasteiger partial charge is 0.325 e. The summed E-state index contributed by atoms with van der Waals surface area (Å²) in [5.74, 6) is -0.662. The lowest BCUT2D eigenvalue weighted by Crippen LogP contribution is -2.50. The van der Waals surface area contributed by atoms with Gasteiger partial charge < -0.3 is 15.3 Å². The van der Waals surface area contributed by atoms with E-state index in [0.29, 0.717) is 0 Å². The number of amides is 4. The number of hydrogen-bond donors (Lipinski definition) is 2. The van der Waals surface area contributed by atoms with Crippen molar-refractivity contribution in [2.24, 2.45) is 0 Å². The van der Waals surface area contributed by atoms with Crippen LogP contribution in [-0.2, 0) is 9.59 Å². The minimum Gasteiger partial charge on any atom is -0.395 e. The van der Waals surface area contributed by atoms with Crippen molar-refractivity contribution in [3.8, 4) is 0 Å². The highest BCUT2D eigenvalue weighted by molar-refractivity contribution is 6.04. The molecule has 1 aliphatic carbocycles. The Morgan fingerprint density at radius 2 is 2.17 bits per heavy atom. The molecule has 2 rings (SSSR count). The number of nitrogens with one attached hydrogen (secondary N) is 1. The van der Waals surface area contributed by atoms with Crippen LogP contribution in [0.5, 0.6) is 0 Å². The molecule has 0 aromatic heterocycles. The minimum atomic E-state index is -0.522. The standard InChI is InChI=1S/C11H17N3O4/c15-5-4-13(8-2-1-3-8)10(17)7-14-9(16)6-12-11(14)18/h8,15H,1-7H2,(H,12,18). The van der Waals surface area contributed by atoms with E-state index in [0.717, 1.165) is 24.2 Å². The average Bonchev–Trinajstić information content (AvgIpc) is 2.58. The van der Waals surface area contributed by atoms with E-state index in [1.165, 1.54) is 0 Å². The van der Waals surface area contributed by atoms with Crippen LogP contribution >= 0.6 is 0 Å². The van der Waals surface area contributed by atoms with Gasteiger partial charge in [-0.05, 0) is 19.3 Å². The zero-order valence-electron chi connectivity index (χ0n) is 10.1. The first-order valence-electron chi connectivity index (χ1n) is 6.12. The van der Waals surface area contributed by atoms with Crippen LogP contribution in [0.2, 0.25) is 0 Å². The molecular weight excluding hydrogens is 238 g/mol. The second-order valence-corrected chi connectivity index (χ2v) is 4.53. The van der Waals surface area contributed by atoms with Crippen molar-refractivity contribution in [2.75, 3.05) is 26.2 Å². The van der Waals surface area contributed by atoms with Gasteiger partial charge in [0.25, 0.3) is 5.91 Å². The van der Waals surface area contributed by atoms with Gasteiger partial charge in [0, 0.05) is 12.6 Å². The summed E-state index contributed by atoms with van der Waals surface area (Å²) in [6, 6.07) is -0.378. The Bertz CT molecular complexity index is 351. The summed E-state index contributed by atoms with van der Waals surface area (Å²) in [5, 5.41) is 11.3. The number of imide groups is 1. The van der Waals surface area contributed by atoms with Gasteiger partial charge in [-0.1, -0.05) is 0 Å². The maximum Gasteiger partial charge on any atom is 0.325 e. The SMILES string of the molecule is O=C1CNC(=O)N1CC(=O)N(CCO)C1CCC1. The third-order valence-electron chi connectivity index (χ3n) is 3.41. The van der Waals surface area contributed by atoms with Crippen LogP contribution in [-0.4, -0.2) is 65.0 Å². The van der Waals surface area contributed by atoms with E-state index >= 15 is 0 Å². The van der Waals surface area contributed by atoms with Crippen molar-refractivity contribution < 1.29 is 19.5 Å². The zero-order valence-corrected chi connectivity index (χ0v) is 10.1. The van der Waals surface area contributed by atoms with Gasteiger partial charge in [0.15, 0.2) is 0 Å². The summed E-state index contributed by atoms with van der Waals surface area (Å²) in [7, 11) is 0. The molecule has 0 radical (unpaired) electrons. The highest BCUT2D eigenvalue weighted by Crippen LogP contribution is 2.24. The fraction of sp³-hybridized carbons (Fsp3) is 0.727. The summed E-state index contributed by atoms with van der Waals surface area (Å²) in [6.45, 7) is -0.133. The maximum atomic E-state index is 12.1. The van der Waals surface area contributed by atoms with Crippen LogP contribution in [0.15, 0.2) is 0 Å². The van der Waals surface area contributed by atoms with Crippen LogP contribution in [0.3, 0.4) is 0 Å². The molecule has 1 saturated carbocycles. The molecule has 18 heavy (non-hydrogen) atoms. The van der Waals surface area contributed by atoms with Gasteiger partial charge in [-0.15, -0.1) is 0 Å². The fourth-order valence-electron chi connectivity index (χ4n) is 2.16. The van der Waals surface area contributed by atoms with Crippen molar-refractivity contribution in [2.45, 2.75) is 25.3 Å². The van der Waals surface area contributed by atoms with Crippen molar-refractivity contribution in [3.05, 3.63) is 0 Å². The molecule has 2 aliphatic rings. The number of carbonyl (C=O) groups excluding carboxylic acids is 3. The molecule has 2 N–H and O–H groups in total. The number of aliphatic hydroxyl groups is 1. The van der Waals surface area contributed by atoms with Gasteiger partial charge in [-0.3, -0.25) is 14.5 Å². The first kappa shape index (κ1) is 12.8. The second-order valence-electron chi connectivity index (χ2n) is 4.53. The number of aliphatic hydroxyl groups excluding tert-OH is 1. The Morgan fingerprint density at radius 1 is 1.44 bits per heavy atom. The normalized spacial score (nSPS) is 19.7. The number of nitrogens with zero attached hydrogens (tertiary/aromatic N) is 2. The van der Waals surface area contributed by atoms with E-state index in [2.05, 4.69) is 5.32 Å². The van der Waals surface area contributed by atoms with Gasteiger partial charge in [-0.25, -0.2) is 4.79 Å². The van der Waals surface area contributed by atoms with Gasteiger partial charge in [0.1, 0.15) is 6.54 Å². The lowest BCUT2D eigenvalue weighted by Gasteiger charge is -2.37. The van der Waals surface area contributed by atoms with Crippen molar-refractivity contribution in [1.29, 1.82) is 0 Å². The molecule has 0 aromatic carbocycles. The highest BCUT2D eigenvalue weighted by atomic mass is 16.3. The summed E-state index contributed by atoms with van der Waals surface area (Å²) >= 11 is 0. The molecule has 1 saturated heterocycles. The van der Waals surface area contributed by atoms with E-state index in [1.807, 2.05) is 0 Å². The topological polar surface area (TPSA) is 90.0 Å². The molecule has 1 aliphatic heterocycles. The number of urea groups is 1. The molecular formula is C11H17N3O4. The summed E-state index contributed by atoms with van der Waals surface area (Å²) in [5.41, 5.74) is 0. The monoisotopic (exact) mass is 255 g/mol. The van der Waals surface area contributed by atoms with Crippen molar-refractivity contribution >= 4 is 17.8 Å². The predicted molar refractivity (Wildman–Crippen MR) is 61.5 cm³/mol. The first-order chi connectivity index (χ1) is 8.63. The molecule has 1 heterocycles. The van der Waals surface area contributed by atoms with Crippen molar-refractivity contribution in [1.82, 2.24) is 15.1 Å². The maximum absolute atomic E-state index is 12.1. The van der Waals surface area contributed by atoms with Crippen LogP contribution in [0.25, 0.3) is 0 Å². The Labute approximate surface area is 105 Å². The first-order valence-corrected chi connectivity index (χ1v) is 6.12. The summed E-state index contributed by atoms with van der Waals surface area (Å²) in [4.78, 5) is 37.3. The average molecular weight is 255 g/mol. The van der Waals surface area contributed by atoms with Crippen LogP contribution < -0.4 is 5.32 Å². The number of carbonyl (C=O) groups is 3. The molecule has 2 fully saturated rings.